The quantitative estimate of drug-likeness (QED) is 0.646. The number of aliphatic carboxylic acids is 1. The van der Waals surface area contributed by atoms with Crippen LogP contribution < -0.4 is 4.90 Å². The summed E-state index contributed by atoms with van der Waals surface area (Å²) in [5, 5.41) is 9.20. The molecule has 2 heterocycles. The van der Waals surface area contributed by atoms with Crippen molar-refractivity contribution in [1.82, 2.24) is 4.90 Å². The van der Waals surface area contributed by atoms with Gasteiger partial charge >= 0.3 is 5.97 Å². The second kappa shape index (κ2) is 9.18. The van der Waals surface area contributed by atoms with Gasteiger partial charge in [0, 0.05) is 36.8 Å². The van der Waals surface area contributed by atoms with Gasteiger partial charge in [0.25, 0.3) is 6.43 Å². The Bertz CT molecular complexity index is 970. The van der Waals surface area contributed by atoms with E-state index < -0.39 is 12.4 Å². The standard InChI is InChI=1S/C26H32F2N2O2/c1-16-5-4-6-22(25(27)28)24(16)30-13-21(14-30)20-11-17(2)23(18(3)12-20)15-29-9-7-19(8-10-29)26(31)32/h4-6,11-12,19,21,25H,7-10,13-15H2,1-3H3,(H,31,32). The first-order valence-corrected chi connectivity index (χ1v) is 11.4. The van der Waals surface area contributed by atoms with Crippen LogP contribution >= 0.6 is 0 Å². The molecule has 4 nitrogen and oxygen atoms in total. The van der Waals surface area contributed by atoms with Gasteiger partial charge in [-0.05, 0) is 74.5 Å². The van der Waals surface area contributed by atoms with Crippen molar-refractivity contribution in [3.8, 4) is 0 Å². The van der Waals surface area contributed by atoms with Gasteiger partial charge in [-0.3, -0.25) is 9.69 Å². The highest BCUT2D eigenvalue weighted by Gasteiger charge is 2.32. The van der Waals surface area contributed by atoms with Gasteiger partial charge in [-0.25, -0.2) is 8.78 Å². The number of anilines is 1. The third-order valence-electron chi connectivity index (χ3n) is 7.21. The zero-order valence-corrected chi connectivity index (χ0v) is 19.1. The molecule has 1 N–H and O–H groups in total. The number of para-hydroxylation sites is 1. The number of carboxylic acids is 1. The highest BCUT2D eigenvalue weighted by Crippen LogP contribution is 2.39. The summed E-state index contributed by atoms with van der Waals surface area (Å²) in [5.74, 6) is -0.545. The van der Waals surface area contributed by atoms with Crippen LogP contribution in [-0.2, 0) is 11.3 Å². The molecular formula is C26H32F2N2O2. The number of carbonyl (C=O) groups is 1. The minimum atomic E-state index is -2.46. The fraction of sp³-hybridized carbons (Fsp3) is 0.500. The maximum absolute atomic E-state index is 13.5. The topological polar surface area (TPSA) is 43.8 Å². The van der Waals surface area contributed by atoms with Crippen molar-refractivity contribution in [2.75, 3.05) is 31.1 Å². The summed E-state index contributed by atoms with van der Waals surface area (Å²) < 4.78 is 27.0. The lowest BCUT2D eigenvalue weighted by atomic mass is 9.86. The minimum Gasteiger partial charge on any atom is -0.481 e. The van der Waals surface area contributed by atoms with E-state index >= 15 is 0 Å². The van der Waals surface area contributed by atoms with Gasteiger partial charge in [0.1, 0.15) is 0 Å². The average molecular weight is 443 g/mol. The number of piperidine rings is 1. The molecule has 2 aliphatic heterocycles. The maximum atomic E-state index is 13.5. The molecule has 0 amide bonds. The highest BCUT2D eigenvalue weighted by atomic mass is 19.3. The molecule has 2 saturated heterocycles. The number of rotatable bonds is 6. The lowest BCUT2D eigenvalue weighted by Gasteiger charge is -2.43. The molecule has 0 radical (unpaired) electrons. The highest BCUT2D eigenvalue weighted by molar-refractivity contribution is 5.70. The maximum Gasteiger partial charge on any atom is 0.306 e. The number of halogens is 2. The summed E-state index contributed by atoms with van der Waals surface area (Å²) in [6, 6.07) is 9.63. The molecule has 0 bridgehead atoms. The SMILES string of the molecule is Cc1cc(C2CN(c3c(C)cccc3C(F)F)C2)cc(C)c1CN1CCC(C(=O)O)CC1. The van der Waals surface area contributed by atoms with Crippen LogP contribution in [0.5, 0.6) is 0 Å². The second-order valence-electron chi connectivity index (χ2n) is 9.44. The molecule has 32 heavy (non-hydrogen) atoms. The summed E-state index contributed by atoms with van der Waals surface area (Å²) in [4.78, 5) is 15.6. The van der Waals surface area contributed by atoms with Crippen LogP contribution in [0.25, 0.3) is 0 Å². The van der Waals surface area contributed by atoms with E-state index in [9.17, 15) is 18.7 Å². The Morgan fingerprint density at radius 1 is 1.06 bits per heavy atom. The third kappa shape index (κ3) is 4.51. The number of nitrogens with zero attached hydrogens (tertiary/aromatic N) is 2. The Labute approximate surface area is 188 Å². The van der Waals surface area contributed by atoms with E-state index in [1.807, 2.05) is 13.0 Å². The van der Waals surface area contributed by atoms with E-state index in [2.05, 4.69) is 35.8 Å². The van der Waals surface area contributed by atoms with Crippen LogP contribution in [0.1, 0.15) is 58.6 Å². The number of likely N-dealkylation sites (tertiary alicyclic amines) is 1. The molecule has 2 aliphatic rings. The zero-order valence-electron chi connectivity index (χ0n) is 19.1. The molecule has 0 atom stereocenters. The lowest BCUT2D eigenvalue weighted by molar-refractivity contribution is -0.143. The van der Waals surface area contributed by atoms with E-state index in [0.29, 0.717) is 24.4 Å². The molecule has 2 fully saturated rings. The van der Waals surface area contributed by atoms with E-state index in [0.717, 1.165) is 38.3 Å². The van der Waals surface area contributed by atoms with Gasteiger partial charge in [-0.15, -0.1) is 0 Å². The second-order valence-corrected chi connectivity index (χ2v) is 9.44. The van der Waals surface area contributed by atoms with Gasteiger partial charge in [-0.2, -0.15) is 0 Å². The van der Waals surface area contributed by atoms with Gasteiger partial charge in [-0.1, -0.05) is 30.3 Å². The average Bonchev–Trinajstić information content (AvgIpc) is 2.71. The fourth-order valence-electron chi connectivity index (χ4n) is 5.24. The van der Waals surface area contributed by atoms with Crippen molar-refractivity contribution in [2.24, 2.45) is 5.92 Å². The molecule has 2 aromatic rings. The monoisotopic (exact) mass is 442 g/mol. The number of alkyl halides is 2. The van der Waals surface area contributed by atoms with Crippen molar-refractivity contribution in [3.05, 3.63) is 63.7 Å². The van der Waals surface area contributed by atoms with E-state index in [-0.39, 0.29) is 11.5 Å². The Morgan fingerprint density at radius 3 is 2.25 bits per heavy atom. The van der Waals surface area contributed by atoms with Crippen LogP contribution in [0.15, 0.2) is 30.3 Å². The molecule has 4 rings (SSSR count). The summed E-state index contributed by atoms with van der Waals surface area (Å²) in [5.41, 5.74) is 6.81. The van der Waals surface area contributed by atoms with Gasteiger partial charge in [0.05, 0.1) is 5.92 Å². The predicted octanol–water partition coefficient (Wildman–Crippen LogP) is 5.45. The van der Waals surface area contributed by atoms with E-state index in [1.165, 1.54) is 28.3 Å². The predicted molar refractivity (Wildman–Crippen MR) is 123 cm³/mol. The Hall–Kier alpha value is -2.47. The molecule has 6 heteroatoms. The van der Waals surface area contributed by atoms with Gasteiger partial charge in [0.2, 0.25) is 0 Å². The number of benzene rings is 2. The van der Waals surface area contributed by atoms with Crippen LogP contribution in [0.2, 0.25) is 0 Å². The zero-order chi connectivity index (χ0) is 23.0. The first-order chi connectivity index (χ1) is 15.2. The van der Waals surface area contributed by atoms with Crippen molar-refractivity contribution < 1.29 is 18.7 Å². The van der Waals surface area contributed by atoms with Crippen molar-refractivity contribution in [3.63, 3.8) is 0 Å². The largest absolute Gasteiger partial charge is 0.481 e. The molecule has 0 saturated carbocycles. The third-order valence-corrected chi connectivity index (χ3v) is 7.21. The summed E-state index contributed by atoms with van der Waals surface area (Å²) >= 11 is 0. The number of carboxylic acid groups (broad SMARTS) is 1. The van der Waals surface area contributed by atoms with Crippen molar-refractivity contribution in [2.45, 2.75) is 52.5 Å². The number of hydrogen-bond acceptors (Lipinski definition) is 3. The normalized spacial score (nSPS) is 18.2. The van der Waals surface area contributed by atoms with Gasteiger partial charge < -0.3 is 10.0 Å². The molecule has 0 aliphatic carbocycles. The van der Waals surface area contributed by atoms with Gasteiger partial charge in [0.15, 0.2) is 0 Å². The lowest BCUT2D eigenvalue weighted by Crippen LogP contribution is -2.46. The number of hydrogen-bond donors (Lipinski definition) is 1. The van der Waals surface area contributed by atoms with E-state index in [1.54, 1.807) is 6.07 Å². The first kappa shape index (κ1) is 22.7. The Balaban J connectivity index is 1.43. The first-order valence-electron chi connectivity index (χ1n) is 11.4. The van der Waals surface area contributed by atoms with Crippen LogP contribution in [0.4, 0.5) is 14.5 Å². The summed E-state index contributed by atoms with van der Waals surface area (Å²) in [6.45, 7) is 10.2. The Morgan fingerprint density at radius 2 is 1.69 bits per heavy atom. The molecule has 172 valence electrons. The minimum absolute atomic E-state index is 0.123. The Kier molecular flexibility index (Phi) is 6.52. The molecular weight excluding hydrogens is 410 g/mol. The molecule has 0 spiro atoms. The van der Waals surface area contributed by atoms with Crippen molar-refractivity contribution in [1.29, 1.82) is 0 Å². The molecule has 2 aromatic carbocycles. The molecule has 0 unspecified atom stereocenters. The number of aryl methyl sites for hydroxylation is 3. The van der Waals surface area contributed by atoms with Crippen LogP contribution in [0.3, 0.4) is 0 Å². The van der Waals surface area contributed by atoms with E-state index in [4.69, 9.17) is 0 Å². The summed E-state index contributed by atoms with van der Waals surface area (Å²) in [6.07, 6.45) is -1.04. The molecule has 0 aromatic heterocycles. The van der Waals surface area contributed by atoms with Crippen LogP contribution in [-0.4, -0.2) is 42.2 Å². The smallest absolute Gasteiger partial charge is 0.306 e. The van der Waals surface area contributed by atoms with Crippen LogP contribution in [0, 0.1) is 26.7 Å². The fourth-order valence-corrected chi connectivity index (χ4v) is 5.24. The summed E-state index contributed by atoms with van der Waals surface area (Å²) in [7, 11) is 0. The van der Waals surface area contributed by atoms with Crippen molar-refractivity contribution >= 4 is 11.7 Å².